The minimum atomic E-state index is -3.54. The summed E-state index contributed by atoms with van der Waals surface area (Å²) >= 11 is 5.74. The van der Waals surface area contributed by atoms with Crippen LogP contribution in [0.4, 0.5) is 0 Å². The van der Waals surface area contributed by atoms with Crippen molar-refractivity contribution in [3.8, 4) is 0 Å². The number of aromatic amines is 1. The van der Waals surface area contributed by atoms with Gasteiger partial charge < -0.3 is 0 Å². The molecule has 1 aromatic heterocycles. The molecule has 0 unspecified atom stereocenters. The standard InChI is InChI=1S/C12H14ClN3O2S/c1-9-12(8-14-16-9)19(17,18)15-7-11-4-2-3-10(5-11)6-13/h2-5,8,15H,6-7H2,1H3,(H,14,16). The van der Waals surface area contributed by atoms with Gasteiger partial charge >= 0.3 is 0 Å². The highest BCUT2D eigenvalue weighted by atomic mass is 35.5. The molecule has 2 rings (SSSR count). The second-order valence-electron chi connectivity index (χ2n) is 4.14. The third kappa shape index (κ3) is 3.34. The predicted octanol–water partition coefficient (Wildman–Crippen LogP) is 1.94. The Labute approximate surface area is 117 Å². The fourth-order valence-corrected chi connectivity index (χ4v) is 3.01. The van der Waals surface area contributed by atoms with Crippen LogP contribution in [0.3, 0.4) is 0 Å². The Hall–Kier alpha value is -1.37. The Bertz CT molecular complexity index is 667. The van der Waals surface area contributed by atoms with E-state index in [1.807, 2.05) is 24.3 Å². The van der Waals surface area contributed by atoms with Crippen molar-refractivity contribution < 1.29 is 8.42 Å². The number of hydrogen-bond acceptors (Lipinski definition) is 3. The van der Waals surface area contributed by atoms with Crippen LogP contribution in [-0.4, -0.2) is 18.6 Å². The molecule has 0 bridgehead atoms. The van der Waals surface area contributed by atoms with Crippen LogP contribution in [0.5, 0.6) is 0 Å². The number of aromatic nitrogens is 2. The van der Waals surface area contributed by atoms with Gasteiger partial charge in [0, 0.05) is 12.4 Å². The summed E-state index contributed by atoms with van der Waals surface area (Å²) < 4.78 is 26.6. The first-order chi connectivity index (χ1) is 9.03. The Kier molecular flexibility index (Phi) is 4.24. The summed E-state index contributed by atoms with van der Waals surface area (Å²) in [4.78, 5) is 0.168. The van der Waals surface area contributed by atoms with E-state index >= 15 is 0 Å². The van der Waals surface area contributed by atoms with Gasteiger partial charge in [-0.05, 0) is 18.1 Å². The minimum absolute atomic E-state index is 0.168. The molecule has 0 saturated heterocycles. The molecule has 1 heterocycles. The van der Waals surface area contributed by atoms with Gasteiger partial charge in [0.15, 0.2) is 0 Å². The van der Waals surface area contributed by atoms with Gasteiger partial charge in [0.05, 0.1) is 11.9 Å². The van der Waals surface area contributed by atoms with E-state index in [1.165, 1.54) is 6.20 Å². The molecule has 0 radical (unpaired) electrons. The first-order valence-electron chi connectivity index (χ1n) is 5.66. The van der Waals surface area contributed by atoms with Gasteiger partial charge in [-0.15, -0.1) is 11.6 Å². The van der Waals surface area contributed by atoms with Gasteiger partial charge in [0.1, 0.15) is 4.90 Å². The summed E-state index contributed by atoms with van der Waals surface area (Å²) in [5.74, 6) is 0.404. The lowest BCUT2D eigenvalue weighted by atomic mass is 10.1. The van der Waals surface area contributed by atoms with Crippen LogP contribution in [0.25, 0.3) is 0 Å². The molecule has 1 aromatic carbocycles. The van der Waals surface area contributed by atoms with Gasteiger partial charge in [-0.2, -0.15) is 5.10 Å². The number of halogens is 1. The number of nitrogens with one attached hydrogen (secondary N) is 2. The van der Waals surface area contributed by atoms with Crippen molar-refractivity contribution in [1.82, 2.24) is 14.9 Å². The topological polar surface area (TPSA) is 74.8 Å². The predicted molar refractivity (Wildman–Crippen MR) is 73.3 cm³/mol. The number of alkyl halides is 1. The van der Waals surface area contributed by atoms with E-state index in [2.05, 4.69) is 14.9 Å². The molecule has 5 nitrogen and oxygen atoms in total. The molecule has 0 fully saturated rings. The van der Waals surface area contributed by atoms with Gasteiger partial charge in [0.25, 0.3) is 0 Å². The Balaban J connectivity index is 2.12. The van der Waals surface area contributed by atoms with Crippen molar-refractivity contribution in [3.05, 3.63) is 47.3 Å². The molecule has 0 spiro atoms. The third-order valence-corrected chi connectivity index (χ3v) is 4.51. The van der Waals surface area contributed by atoms with Crippen LogP contribution in [0.1, 0.15) is 16.8 Å². The number of nitrogens with zero attached hydrogens (tertiary/aromatic N) is 1. The third-order valence-electron chi connectivity index (χ3n) is 2.69. The lowest BCUT2D eigenvalue weighted by Gasteiger charge is -2.06. The molecular weight excluding hydrogens is 286 g/mol. The van der Waals surface area contributed by atoms with E-state index in [1.54, 1.807) is 6.92 Å². The van der Waals surface area contributed by atoms with Gasteiger partial charge in [-0.25, -0.2) is 13.1 Å². The summed E-state index contributed by atoms with van der Waals surface area (Å²) in [7, 11) is -3.54. The van der Waals surface area contributed by atoms with Crippen molar-refractivity contribution in [2.75, 3.05) is 0 Å². The summed E-state index contributed by atoms with van der Waals surface area (Å²) in [5, 5.41) is 6.31. The molecule has 0 aliphatic carbocycles. The van der Waals surface area contributed by atoms with Crippen molar-refractivity contribution in [3.63, 3.8) is 0 Å². The average molecular weight is 300 g/mol. The molecule has 0 amide bonds. The van der Waals surface area contributed by atoms with E-state index in [0.29, 0.717) is 11.6 Å². The average Bonchev–Trinajstić information content (AvgIpc) is 2.84. The Morgan fingerprint density at radius 1 is 1.37 bits per heavy atom. The highest BCUT2D eigenvalue weighted by Crippen LogP contribution is 2.12. The quantitative estimate of drug-likeness (QED) is 0.829. The summed E-state index contributed by atoms with van der Waals surface area (Å²) in [6, 6.07) is 7.47. The van der Waals surface area contributed by atoms with Crippen LogP contribution in [0, 0.1) is 6.92 Å². The fraction of sp³-hybridized carbons (Fsp3) is 0.250. The zero-order chi connectivity index (χ0) is 13.9. The van der Waals surface area contributed by atoms with Gasteiger partial charge in [-0.1, -0.05) is 24.3 Å². The zero-order valence-corrected chi connectivity index (χ0v) is 11.9. The highest BCUT2D eigenvalue weighted by Gasteiger charge is 2.17. The van der Waals surface area contributed by atoms with Crippen LogP contribution in [0.2, 0.25) is 0 Å². The largest absolute Gasteiger partial charge is 0.281 e. The number of benzene rings is 1. The van der Waals surface area contributed by atoms with E-state index in [4.69, 9.17) is 11.6 Å². The van der Waals surface area contributed by atoms with Crippen molar-refractivity contribution in [2.24, 2.45) is 0 Å². The molecule has 0 atom stereocenters. The second-order valence-corrected chi connectivity index (χ2v) is 6.14. The van der Waals surface area contributed by atoms with Crippen LogP contribution < -0.4 is 4.72 Å². The molecule has 19 heavy (non-hydrogen) atoms. The van der Waals surface area contributed by atoms with Crippen LogP contribution in [-0.2, 0) is 22.4 Å². The van der Waals surface area contributed by atoms with Crippen LogP contribution in [0.15, 0.2) is 35.4 Å². The summed E-state index contributed by atoms with van der Waals surface area (Å²) in [6.45, 7) is 1.88. The molecule has 0 aliphatic rings. The molecular formula is C12H14ClN3O2S. The molecule has 7 heteroatoms. The molecule has 0 saturated carbocycles. The number of hydrogen-bond donors (Lipinski definition) is 2. The van der Waals surface area contributed by atoms with Crippen molar-refractivity contribution in [1.29, 1.82) is 0 Å². The van der Waals surface area contributed by atoms with Gasteiger partial charge in [0.2, 0.25) is 10.0 Å². The molecule has 2 aromatic rings. The zero-order valence-electron chi connectivity index (χ0n) is 10.4. The number of rotatable bonds is 5. The first-order valence-corrected chi connectivity index (χ1v) is 7.68. The maximum atomic E-state index is 12.0. The minimum Gasteiger partial charge on any atom is -0.281 e. The van der Waals surface area contributed by atoms with Crippen molar-refractivity contribution >= 4 is 21.6 Å². The van der Waals surface area contributed by atoms with E-state index < -0.39 is 10.0 Å². The van der Waals surface area contributed by atoms with E-state index in [9.17, 15) is 8.42 Å². The molecule has 102 valence electrons. The van der Waals surface area contributed by atoms with E-state index in [-0.39, 0.29) is 11.4 Å². The monoisotopic (exact) mass is 299 g/mol. The number of aryl methyl sites for hydroxylation is 1. The summed E-state index contributed by atoms with van der Waals surface area (Å²) in [6.07, 6.45) is 1.30. The van der Waals surface area contributed by atoms with Crippen LogP contribution >= 0.6 is 11.6 Å². The highest BCUT2D eigenvalue weighted by molar-refractivity contribution is 7.89. The Morgan fingerprint density at radius 2 is 2.11 bits per heavy atom. The second kappa shape index (κ2) is 5.73. The van der Waals surface area contributed by atoms with Crippen molar-refractivity contribution in [2.45, 2.75) is 24.2 Å². The lowest BCUT2D eigenvalue weighted by Crippen LogP contribution is -2.23. The normalized spacial score (nSPS) is 11.7. The maximum absolute atomic E-state index is 12.0. The number of H-pyrrole nitrogens is 1. The van der Waals surface area contributed by atoms with E-state index in [0.717, 1.165) is 11.1 Å². The number of sulfonamides is 1. The fourth-order valence-electron chi connectivity index (χ4n) is 1.69. The SMILES string of the molecule is Cc1[nH]ncc1S(=O)(=O)NCc1cccc(CCl)c1. The molecule has 0 aliphatic heterocycles. The van der Waals surface area contributed by atoms with Gasteiger partial charge in [-0.3, -0.25) is 5.10 Å². The lowest BCUT2D eigenvalue weighted by molar-refractivity contribution is 0.580. The molecule has 2 N–H and O–H groups in total. The summed E-state index contributed by atoms with van der Waals surface area (Å²) in [5.41, 5.74) is 2.34. The Morgan fingerprint density at radius 3 is 2.74 bits per heavy atom. The smallest absolute Gasteiger partial charge is 0.244 e. The maximum Gasteiger partial charge on any atom is 0.244 e. The first kappa shape index (κ1) is 14.0.